The maximum Gasteiger partial charge on any atom is 0.308 e. The lowest BCUT2D eigenvalue weighted by Crippen LogP contribution is -2.23. The first kappa shape index (κ1) is 15.7. The van der Waals surface area contributed by atoms with Crippen molar-refractivity contribution in [3.05, 3.63) is 28.5 Å². The Hall–Kier alpha value is -1.37. The molecule has 0 spiro atoms. The minimum absolute atomic E-state index is 0.138. The third-order valence-corrected chi connectivity index (χ3v) is 2.71. The summed E-state index contributed by atoms with van der Waals surface area (Å²) in [7, 11) is 0. The second kappa shape index (κ2) is 6.70. The second-order valence-corrected chi connectivity index (χ2v) is 4.25. The number of phenolic OH excluding ortho intramolecular Hbond substituents is 1. The Morgan fingerprint density at radius 2 is 2.11 bits per heavy atom. The number of aliphatic hydroxyl groups is 2. The standard InChI is InChI=1S/C12H14ClFO5/c1-2-19-10(16)5-9(15)12(18)7-3-6(14)4-8(13)11(7)17/h3-4,9,12,15,17-18H,2,5H2,1H3. The smallest absolute Gasteiger partial charge is 0.308 e. The van der Waals surface area contributed by atoms with E-state index < -0.39 is 36.2 Å². The molecule has 0 fully saturated rings. The minimum atomic E-state index is -1.65. The molecule has 0 aliphatic rings. The Morgan fingerprint density at radius 1 is 1.47 bits per heavy atom. The molecule has 0 aromatic heterocycles. The van der Waals surface area contributed by atoms with Crippen molar-refractivity contribution in [3.63, 3.8) is 0 Å². The van der Waals surface area contributed by atoms with Gasteiger partial charge < -0.3 is 20.1 Å². The van der Waals surface area contributed by atoms with E-state index in [9.17, 15) is 24.5 Å². The van der Waals surface area contributed by atoms with Gasteiger partial charge in [0.1, 0.15) is 17.7 Å². The number of benzene rings is 1. The molecule has 0 heterocycles. The second-order valence-electron chi connectivity index (χ2n) is 3.85. The Balaban J connectivity index is 2.88. The number of phenols is 1. The van der Waals surface area contributed by atoms with E-state index in [0.29, 0.717) is 0 Å². The summed E-state index contributed by atoms with van der Waals surface area (Å²) in [5.74, 6) is -2.03. The first-order valence-electron chi connectivity index (χ1n) is 5.56. The number of carbonyl (C=O) groups is 1. The normalized spacial score (nSPS) is 13.9. The highest BCUT2D eigenvalue weighted by Gasteiger charge is 2.26. The fourth-order valence-electron chi connectivity index (χ4n) is 1.52. The molecule has 0 aliphatic heterocycles. The van der Waals surface area contributed by atoms with E-state index >= 15 is 0 Å². The average molecular weight is 293 g/mol. The SMILES string of the molecule is CCOC(=O)CC(O)C(O)c1cc(F)cc(Cl)c1O. The van der Waals surface area contributed by atoms with Gasteiger partial charge in [-0.2, -0.15) is 0 Å². The highest BCUT2D eigenvalue weighted by Crippen LogP contribution is 2.34. The van der Waals surface area contributed by atoms with Crippen LogP contribution in [0.2, 0.25) is 5.02 Å². The zero-order chi connectivity index (χ0) is 14.6. The largest absolute Gasteiger partial charge is 0.506 e. The lowest BCUT2D eigenvalue weighted by molar-refractivity contribution is -0.147. The molecular formula is C12H14ClFO5. The summed E-state index contributed by atoms with van der Waals surface area (Å²) in [5.41, 5.74) is -0.290. The number of ether oxygens (including phenoxy) is 1. The van der Waals surface area contributed by atoms with E-state index in [2.05, 4.69) is 4.74 Å². The molecule has 106 valence electrons. The molecule has 1 aromatic rings. The highest BCUT2D eigenvalue weighted by atomic mass is 35.5. The molecule has 0 saturated heterocycles. The van der Waals surface area contributed by atoms with Crippen LogP contribution in [0.3, 0.4) is 0 Å². The Labute approximate surface area is 114 Å². The topological polar surface area (TPSA) is 87.0 Å². The van der Waals surface area contributed by atoms with E-state index in [1.54, 1.807) is 6.92 Å². The van der Waals surface area contributed by atoms with Gasteiger partial charge in [-0.1, -0.05) is 11.6 Å². The van der Waals surface area contributed by atoms with Crippen molar-refractivity contribution in [1.82, 2.24) is 0 Å². The number of hydrogen-bond donors (Lipinski definition) is 3. The zero-order valence-corrected chi connectivity index (χ0v) is 10.9. The van der Waals surface area contributed by atoms with E-state index in [4.69, 9.17) is 11.6 Å². The Kier molecular flexibility index (Phi) is 5.53. The maximum atomic E-state index is 13.1. The van der Waals surface area contributed by atoms with Crippen LogP contribution in [0, 0.1) is 5.82 Å². The van der Waals surface area contributed by atoms with Crippen LogP contribution < -0.4 is 0 Å². The van der Waals surface area contributed by atoms with Crippen LogP contribution in [-0.4, -0.2) is 34.0 Å². The first-order valence-corrected chi connectivity index (χ1v) is 5.94. The fraction of sp³-hybridized carbons (Fsp3) is 0.417. The van der Waals surface area contributed by atoms with Gasteiger partial charge in [-0.3, -0.25) is 4.79 Å². The van der Waals surface area contributed by atoms with E-state index in [1.165, 1.54) is 0 Å². The van der Waals surface area contributed by atoms with Crippen LogP contribution in [0.4, 0.5) is 4.39 Å². The number of hydrogen-bond acceptors (Lipinski definition) is 5. The van der Waals surface area contributed by atoms with Crippen LogP contribution in [0.1, 0.15) is 25.0 Å². The van der Waals surface area contributed by atoms with Crippen molar-refractivity contribution in [1.29, 1.82) is 0 Å². The molecule has 2 unspecified atom stereocenters. The third kappa shape index (κ3) is 4.05. The van der Waals surface area contributed by atoms with E-state index in [0.717, 1.165) is 12.1 Å². The Bertz CT molecular complexity index is 466. The predicted octanol–water partition coefficient (Wildman–Crippen LogP) is 1.53. The number of esters is 1. The van der Waals surface area contributed by atoms with Crippen molar-refractivity contribution in [3.8, 4) is 5.75 Å². The summed E-state index contributed by atoms with van der Waals surface area (Å²) in [6.07, 6.45) is -3.68. The summed E-state index contributed by atoms with van der Waals surface area (Å²) in [6.45, 7) is 1.73. The molecule has 19 heavy (non-hydrogen) atoms. The van der Waals surface area contributed by atoms with Gasteiger partial charge in [0.2, 0.25) is 0 Å². The van der Waals surface area contributed by atoms with Crippen LogP contribution >= 0.6 is 11.6 Å². The molecule has 1 aromatic carbocycles. The van der Waals surface area contributed by atoms with Crippen molar-refractivity contribution in [2.75, 3.05) is 6.61 Å². The van der Waals surface area contributed by atoms with Crippen LogP contribution in [-0.2, 0) is 9.53 Å². The average Bonchev–Trinajstić information content (AvgIpc) is 2.33. The molecule has 0 amide bonds. The van der Waals surface area contributed by atoms with Gasteiger partial charge in [0.25, 0.3) is 0 Å². The number of rotatable bonds is 5. The van der Waals surface area contributed by atoms with Crippen molar-refractivity contribution in [2.45, 2.75) is 25.6 Å². The molecule has 5 nitrogen and oxygen atoms in total. The minimum Gasteiger partial charge on any atom is -0.506 e. The van der Waals surface area contributed by atoms with Crippen LogP contribution in [0.5, 0.6) is 5.75 Å². The molecule has 0 radical (unpaired) electrons. The number of aliphatic hydroxyl groups excluding tert-OH is 2. The van der Waals surface area contributed by atoms with Crippen molar-refractivity contribution >= 4 is 17.6 Å². The first-order chi connectivity index (χ1) is 8.86. The van der Waals surface area contributed by atoms with E-state index in [-0.39, 0.29) is 17.2 Å². The van der Waals surface area contributed by atoms with Crippen molar-refractivity contribution < 1.29 is 29.2 Å². The van der Waals surface area contributed by atoms with Crippen LogP contribution in [0.15, 0.2) is 12.1 Å². The molecule has 2 atom stereocenters. The number of carbonyl (C=O) groups excluding carboxylic acids is 1. The molecule has 0 bridgehead atoms. The van der Waals surface area contributed by atoms with E-state index in [1.807, 2.05) is 0 Å². The van der Waals surface area contributed by atoms with Gasteiger partial charge in [0.05, 0.1) is 24.2 Å². The summed E-state index contributed by atoms with van der Waals surface area (Å²) in [6, 6.07) is 1.70. The maximum absolute atomic E-state index is 13.1. The van der Waals surface area contributed by atoms with Gasteiger partial charge in [0.15, 0.2) is 0 Å². The molecule has 7 heteroatoms. The lowest BCUT2D eigenvalue weighted by Gasteiger charge is -2.19. The summed E-state index contributed by atoms with van der Waals surface area (Å²) in [4.78, 5) is 11.2. The number of aromatic hydroxyl groups is 1. The molecule has 1 rings (SSSR count). The molecular weight excluding hydrogens is 279 g/mol. The third-order valence-electron chi connectivity index (χ3n) is 2.42. The van der Waals surface area contributed by atoms with Gasteiger partial charge in [-0.25, -0.2) is 4.39 Å². The quantitative estimate of drug-likeness (QED) is 0.717. The Morgan fingerprint density at radius 3 is 2.68 bits per heavy atom. The lowest BCUT2D eigenvalue weighted by atomic mass is 10.0. The molecule has 0 saturated carbocycles. The summed E-state index contributed by atoms with van der Waals surface area (Å²) < 4.78 is 17.7. The van der Waals surface area contributed by atoms with Crippen LogP contribution in [0.25, 0.3) is 0 Å². The van der Waals surface area contributed by atoms with Gasteiger partial charge >= 0.3 is 5.97 Å². The monoisotopic (exact) mass is 292 g/mol. The highest BCUT2D eigenvalue weighted by molar-refractivity contribution is 6.32. The molecule has 0 aliphatic carbocycles. The number of halogens is 2. The van der Waals surface area contributed by atoms with Gasteiger partial charge in [-0.15, -0.1) is 0 Å². The van der Waals surface area contributed by atoms with Crippen molar-refractivity contribution in [2.24, 2.45) is 0 Å². The summed E-state index contributed by atoms with van der Waals surface area (Å²) >= 11 is 5.55. The molecule has 3 N–H and O–H groups in total. The summed E-state index contributed by atoms with van der Waals surface area (Å²) in [5, 5.41) is 28.7. The predicted molar refractivity (Wildman–Crippen MR) is 65.3 cm³/mol. The fourth-order valence-corrected chi connectivity index (χ4v) is 1.73. The zero-order valence-electron chi connectivity index (χ0n) is 10.1. The van der Waals surface area contributed by atoms with Gasteiger partial charge in [-0.05, 0) is 19.1 Å². The van der Waals surface area contributed by atoms with Gasteiger partial charge in [0, 0.05) is 5.56 Å².